The molecule has 0 aromatic rings. The van der Waals surface area contributed by atoms with E-state index in [0.717, 1.165) is 58.2 Å². The van der Waals surface area contributed by atoms with Gasteiger partial charge in [0.15, 0.2) is 5.96 Å². The van der Waals surface area contributed by atoms with Gasteiger partial charge in [0.05, 0.1) is 0 Å². The summed E-state index contributed by atoms with van der Waals surface area (Å²) in [5.74, 6) is 2.04. The Hall–Kier alpha value is 0.0700. The number of ether oxygens (including phenoxy) is 2. The van der Waals surface area contributed by atoms with Gasteiger partial charge in [-0.1, -0.05) is 0 Å². The van der Waals surface area contributed by atoms with Crippen molar-refractivity contribution in [1.82, 2.24) is 10.6 Å². The van der Waals surface area contributed by atoms with Crippen LogP contribution in [0.2, 0.25) is 0 Å². The predicted molar refractivity (Wildman–Crippen MR) is 117 cm³/mol. The van der Waals surface area contributed by atoms with Gasteiger partial charge in [-0.3, -0.25) is 9.20 Å². The summed E-state index contributed by atoms with van der Waals surface area (Å²) in [4.78, 5) is 4.18. The first kappa shape index (κ1) is 25.1. The van der Waals surface area contributed by atoms with Gasteiger partial charge in [0, 0.05) is 67.9 Å². The highest BCUT2D eigenvalue weighted by molar-refractivity contribution is 14.0. The zero-order valence-electron chi connectivity index (χ0n) is 16.1. The average molecular weight is 489 g/mol. The molecular weight excluding hydrogens is 453 g/mol. The van der Waals surface area contributed by atoms with Gasteiger partial charge in [-0.25, -0.2) is 0 Å². The molecule has 2 N–H and O–H groups in total. The molecule has 0 saturated carbocycles. The van der Waals surface area contributed by atoms with Crippen molar-refractivity contribution in [1.29, 1.82) is 0 Å². The first-order chi connectivity index (χ1) is 11.4. The maximum atomic E-state index is 12.0. The monoisotopic (exact) mass is 489 g/mol. The summed E-state index contributed by atoms with van der Waals surface area (Å²) in [7, 11) is 0.905. The molecule has 1 unspecified atom stereocenters. The van der Waals surface area contributed by atoms with Gasteiger partial charge in [0.1, 0.15) is 0 Å². The number of halogens is 1. The average Bonchev–Trinajstić information content (AvgIpc) is 2.56. The number of aliphatic imine (C=N–C) groups is 1. The predicted octanol–water partition coefficient (Wildman–Crippen LogP) is 2.15. The minimum absolute atomic E-state index is 0. The van der Waals surface area contributed by atoms with E-state index in [1.807, 2.05) is 20.8 Å². The van der Waals surface area contributed by atoms with E-state index in [0.29, 0.717) is 18.2 Å². The van der Waals surface area contributed by atoms with E-state index < -0.39 is 10.8 Å². The fourth-order valence-electron chi connectivity index (χ4n) is 2.33. The Bertz CT molecular complexity index is 397. The van der Waals surface area contributed by atoms with Crippen molar-refractivity contribution < 1.29 is 13.7 Å². The Balaban J connectivity index is 0.00000576. The zero-order valence-corrected chi connectivity index (χ0v) is 19.3. The maximum Gasteiger partial charge on any atom is 0.191 e. The van der Waals surface area contributed by atoms with Crippen LogP contribution in [0.25, 0.3) is 0 Å². The molecule has 1 saturated heterocycles. The van der Waals surface area contributed by atoms with Crippen LogP contribution < -0.4 is 10.6 Å². The summed E-state index contributed by atoms with van der Waals surface area (Å²) in [5.41, 5.74) is 0. The second kappa shape index (κ2) is 14.2. The number of hydrogen-bond acceptors (Lipinski definition) is 4. The fraction of sp³-hybridized carbons (Fsp3) is 0.941. The SMILES string of the molecule is CN=C(NCCCOCC1CCOCC1)NCCS(=O)C(C)(C)C.I. The summed E-state index contributed by atoms with van der Waals surface area (Å²) >= 11 is 0. The van der Waals surface area contributed by atoms with E-state index in [4.69, 9.17) is 9.47 Å². The van der Waals surface area contributed by atoms with Gasteiger partial charge in [-0.15, -0.1) is 24.0 Å². The highest BCUT2D eigenvalue weighted by atomic mass is 127. The molecule has 0 amide bonds. The van der Waals surface area contributed by atoms with E-state index in [1.165, 1.54) is 0 Å². The lowest BCUT2D eigenvalue weighted by atomic mass is 10.0. The smallest absolute Gasteiger partial charge is 0.191 e. The molecule has 1 rings (SSSR count). The van der Waals surface area contributed by atoms with Gasteiger partial charge in [-0.05, 0) is 46.0 Å². The van der Waals surface area contributed by atoms with E-state index >= 15 is 0 Å². The topological polar surface area (TPSA) is 72.0 Å². The lowest BCUT2D eigenvalue weighted by Gasteiger charge is -2.21. The van der Waals surface area contributed by atoms with Crippen molar-refractivity contribution in [3.8, 4) is 0 Å². The number of hydrogen-bond donors (Lipinski definition) is 2. The quantitative estimate of drug-likeness (QED) is 0.225. The third kappa shape index (κ3) is 12.1. The van der Waals surface area contributed by atoms with Crippen LogP contribution in [-0.2, 0) is 20.3 Å². The molecule has 150 valence electrons. The minimum atomic E-state index is -0.843. The summed E-state index contributed by atoms with van der Waals surface area (Å²) in [6.07, 6.45) is 3.17. The number of guanidine groups is 1. The molecule has 8 heteroatoms. The fourth-order valence-corrected chi connectivity index (χ4v) is 3.23. The van der Waals surface area contributed by atoms with Crippen LogP contribution in [0.1, 0.15) is 40.0 Å². The lowest BCUT2D eigenvalue weighted by molar-refractivity contribution is 0.0203. The summed E-state index contributed by atoms with van der Waals surface area (Å²) in [6.45, 7) is 10.8. The Kier molecular flexibility index (Phi) is 14.2. The van der Waals surface area contributed by atoms with Gasteiger partial charge in [0.25, 0.3) is 0 Å². The first-order valence-corrected chi connectivity index (χ1v) is 10.2. The number of nitrogens with one attached hydrogen (secondary N) is 2. The van der Waals surface area contributed by atoms with E-state index in [2.05, 4.69) is 15.6 Å². The molecule has 1 aliphatic heterocycles. The number of nitrogens with zero attached hydrogens (tertiary/aromatic N) is 1. The Morgan fingerprint density at radius 2 is 1.88 bits per heavy atom. The van der Waals surface area contributed by atoms with Gasteiger partial charge in [-0.2, -0.15) is 0 Å². The summed E-state index contributed by atoms with van der Waals surface area (Å²) < 4.78 is 22.9. The molecule has 0 radical (unpaired) electrons. The van der Waals surface area contributed by atoms with Crippen molar-refractivity contribution in [2.45, 2.75) is 44.8 Å². The summed E-state index contributed by atoms with van der Waals surface area (Å²) in [6, 6.07) is 0. The standard InChI is InChI=1S/C17H35N3O3S.HI/c1-17(2,3)24(21)13-9-20-16(18-4)19-8-5-10-23-14-15-6-11-22-12-7-15;/h15H,5-14H2,1-4H3,(H2,18,19,20);1H. The van der Waals surface area contributed by atoms with E-state index in [-0.39, 0.29) is 28.7 Å². The van der Waals surface area contributed by atoms with Crippen molar-refractivity contribution >= 4 is 40.7 Å². The van der Waals surface area contributed by atoms with Crippen LogP contribution >= 0.6 is 24.0 Å². The molecular formula is C17H36IN3O3S. The van der Waals surface area contributed by atoms with Crippen LogP contribution in [0.15, 0.2) is 4.99 Å². The largest absolute Gasteiger partial charge is 0.381 e. The van der Waals surface area contributed by atoms with Crippen molar-refractivity contribution in [2.24, 2.45) is 10.9 Å². The molecule has 0 aromatic heterocycles. The van der Waals surface area contributed by atoms with Crippen molar-refractivity contribution in [2.75, 3.05) is 52.3 Å². The van der Waals surface area contributed by atoms with Crippen molar-refractivity contribution in [3.05, 3.63) is 0 Å². The maximum absolute atomic E-state index is 12.0. The summed E-state index contributed by atoms with van der Waals surface area (Å²) in [5, 5.41) is 6.47. The molecule has 1 aliphatic rings. The highest BCUT2D eigenvalue weighted by Gasteiger charge is 2.18. The van der Waals surface area contributed by atoms with Gasteiger partial charge >= 0.3 is 0 Å². The molecule has 1 heterocycles. The minimum Gasteiger partial charge on any atom is -0.381 e. The second-order valence-electron chi connectivity index (χ2n) is 7.07. The van der Waals surface area contributed by atoms with Crippen LogP contribution in [0.3, 0.4) is 0 Å². The normalized spacial score (nSPS) is 17.7. The molecule has 1 atom stereocenters. The van der Waals surface area contributed by atoms with E-state index in [1.54, 1.807) is 7.05 Å². The molecule has 1 fully saturated rings. The third-order valence-electron chi connectivity index (χ3n) is 3.94. The Morgan fingerprint density at radius 1 is 1.24 bits per heavy atom. The molecule has 25 heavy (non-hydrogen) atoms. The molecule has 0 bridgehead atoms. The third-order valence-corrected chi connectivity index (χ3v) is 5.88. The van der Waals surface area contributed by atoms with Gasteiger partial charge < -0.3 is 20.1 Å². The highest BCUT2D eigenvalue weighted by Crippen LogP contribution is 2.14. The van der Waals surface area contributed by atoms with Crippen LogP contribution in [0.5, 0.6) is 0 Å². The Labute approximate surface area is 172 Å². The molecule has 0 spiro atoms. The molecule has 6 nitrogen and oxygen atoms in total. The lowest BCUT2D eigenvalue weighted by Crippen LogP contribution is -2.40. The molecule has 0 aromatic carbocycles. The molecule has 0 aliphatic carbocycles. The second-order valence-corrected chi connectivity index (χ2v) is 9.40. The van der Waals surface area contributed by atoms with E-state index in [9.17, 15) is 4.21 Å². The number of rotatable bonds is 9. The van der Waals surface area contributed by atoms with Crippen LogP contribution in [-0.4, -0.2) is 67.2 Å². The van der Waals surface area contributed by atoms with Crippen molar-refractivity contribution in [3.63, 3.8) is 0 Å². The Morgan fingerprint density at radius 3 is 2.48 bits per heavy atom. The first-order valence-electron chi connectivity index (χ1n) is 8.92. The van der Waals surface area contributed by atoms with Gasteiger partial charge in [0.2, 0.25) is 0 Å². The van der Waals surface area contributed by atoms with Crippen LogP contribution in [0, 0.1) is 5.92 Å². The zero-order chi connectivity index (χ0) is 17.8. The van der Waals surface area contributed by atoms with Crippen LogP contribution in [0.4, 0.5) is 0 Å².